The molecule has 136 valence electrons. The number of carbonyl (C=O) groups is 1. The molecule has 2 aromatic rings. The highest BCUT2D eigenvalue weighted by atomic mass is 35.5. The standard InChI is InChI=1S/C18H24N4O2.ClH/c1-2-3-6-10-22-17(23)15-8-5-4-7-14(15)16(20-22)18(24)21-11-9-13(19)12-21;/h4-5,7-8,13H,2-3,6,9-12,19H2,1H3;1H/t13-;/m1./s1. The third kappa shape index (κ3) is 4.02. The van der Waals surface area contributed by atoms with E-state index in [1.54, 1.807) is 17.0 Å². The predicted molar refractivity (Wildman–Crippen MR) is 101 cm³/mol. The lowest BCUT2D eigenvalue weighted by atomic mass is 10.1. The maximum absolute atomic E-state index is 12.9. The van der Waals surface area contributed by atoms with Gasteiger partial charge in [0.25, 0.3) is 11.5 Å². The minimum absolute atomic E-state index is 0. The van der Waals surface area contributed by atoms with Crippen LogP contribution in [0.1, 0.15) is 43.1 Å². The first-order valence-corrected chi connectivity index (χ1v) is 8.66. The normalized spacial score (nSPS) is 16.9. The number of likely N-dealkylation sites (tertiary alicyclic amines) is 1. The van der Waals surface area contributed by atoms with Gasteiger partial charge in [0.15, 0.2) is 5.69 Å². The largest absolute Gasteiger partial charge is 0.336 e. The van der Waals surface area contributed by atoms with Crippen molar-refractivity contribution in [2.75, 3.05) is 13.1 Å². The number of hydrogen-bond donors (Lipinski definition) is 1. The molecule has 7 heteroatoms. The van der Waals surface area contributed by atoms with Crippen molar-refractivity contribution in [3.8, 4) is 0 Å². The molecular formula is C18H25ClN4O2. The van der Waals surface area contributed by atoms with E-state index in [-0.39, 0.29) is 29.9 Å². The number of fused-ring (bicyclic) bond motifs is 1. The number of aromatic nitrogens is 2. The monoisotopic (exact) mass is 364 g/mol. The van der Waals surface area contributed by atoms with Gasteiger partial charge in [0.1, 0.15) is 0 Å². The summed E-state index contributed by atoms with van der Waals surface area (Å²) in [6, 6.07) is 7.24. The smallest absolute Gasteiger partial charge is 0.275 e. The second kappa shape index (κ2) is 8.45. The van der Waals surface area contributed by atoms with Crippen molar-refractivity contribution in [1.82, 2.24) is 14.7 Å². The lowest BCUT2D eigenvalue weighted by Gasteiger charge is -2.17. The summed E-state index contributed by atoms with van der Waals surface area (Å²) in [5.41, 5.74) is 6.15. The molecule has 3 rings (SSSR count). The molecule has 6 nitrogen and oxygen atoms in total. The van der Waals surface area contributed by atoms with E-state index in [4.69, 9.17) is 5.73 Å². The first-order valence-electron chi connectivity index (χ1n) is 8.66. The Labute approximate surface area is 153 Å². The Kier molecular flexibility index (Phi) is 6.56. The summed E-state index contributed by atoms with van der Waals surface area (Å²) in [6.07, 6.45) is 3.79. The number of amides is 1. The maximum Gasteiger partial charge on any atom is 0.275 e. The van der Waals surface area contributed by atoms with Crippen molar-refractivity contribution in [2.45, 2.75) is 45.2 Å². The zero-order chi connectivity index (χ0) is 17.1. The minimum atomic E-state index is -0.136. The van der Waals surface area contributed by atoms with Gasteiger partial charge >= 0.3 is 0 Å². The van der Waals surface area contributed by atoms with Gasteiger partial charge in [-0.25, -0.2) is 4.68 Å². The predicted octanol–water partition coefficient (Wildman–Crippen LogP) is 2.18. The summed E-state index contributed by atoms with van der Waals surface area (Å²) in [5.74, 6) is -0.136. The molecule has 0 radical (unpaired) electrons. The molecule has 0 unspecified atom stereocenters. The van der Waals surface area contributed by atoms with Gasteiger partial charge in [-0.2, -0.15) is 5.10 Å². The molecule has 0 spiro atoms. The SMILES string of the molecule is CCCCCn1nc(C(=O)N2CC[C@@H](N)C2)c2ccccc2c1=O.Cl. The fourth-order valence-electron chi connectivity index (χ4n) is 3.18. The highest BCUT2D eigenvalue weighted by Crippen LogP contribution is 2.18. The zero-order valence-electron chi connectivity index (χ0n) is 14.5. The van der Waals surface area contributed by atoms with Crippen molar-refractivity contribution >= 4 is 29.1 Å². The molecule has 25 heavy (non-hydrogen) atoms. The fourth-order valence-corrected chi connectivity index (χ4v) is 3.18. The Bertz CT molecular complexity index is 805. The molecular weight excluding hydrogens is 340 g/mol. The summed E-state index contributed by atoms with van der Waals surface area (Å²) in [7, 11) is 0. The molecule has 1 aromatic heterocycles. The number of unbranched alkanes of at least 4 members (excludes halogenated alkanes) is 2. The van der Waals surface area contributed by atoms with Gasteiger partial charge in [0.05, 0.1) is 5.39 Å². The van der Waals surface area contributed by atoms with Gasteiger partial charge in [-0.3, -0.25) is 9.59 Å². The molecule has 1 amide bonds. The quantitative estimate of drug-likeness (QED) is 0.824. The fraction of sp³-hybridized carbons (Fsp3) is 0.500. The van der Waals surface area contributed by atoms with E-state index < -0.39 is 0 Å². The number of carbonyl (C=O) groups excluding carboxylic acids is 1. The molecule has 1 aromatic carbocycles. The molecule has 1 aliphatic heterocycles. The van der Waals surface area contributed by atoms with E-state index in [1.807, 2.05) is 12.1 Å². The number of nitrogens with two attached hydrogens (primary N) is 1. The summed E-state index contributed by atoms with van der Waals surface area (Å²) in [4.78, 5) is 27.3. The van der Waals surface area contributed by atoms with Crippen LogP contribution in [0.3, 0.4) is 0 Å². The maximum atomic E-state index is 12.9. The van der Waals surface area contributed by atoms with Gasteiger partial charge in [0.2, 0.25) is 0 Å². The van der Waals surface area contributed by atoms with Crippen LogP contribution in [0.5, 0.6) is 0 Å². The number of benzene rings is 1. The Morgan fingerprint density at radius 2 is 2.00 bits per heavy atom. The van der Waals surface area contributed by atoms with E-state index >= 15 is 0 Å². The molecule has 0 bridgehead atoms. The van der Waals surface area contributed by atoms with Crippen molar-refractivity contribution < 1.29 is 4.79 Å². The van der Waals surface area contributed by atoms with Gasteiger partial charge < -0.3 is 10.6 Å². The second-order valence-corrected chi connectivity index (χ2v) is 6.43. The lowest BCUT2D eigenvalue weighted by molar-refractivity contribution is 0.0784. The van der Waals surface area contributed by atoms with E-state index in [2.05, 4.69) is 12.0 Å². The van der Waals surface area contributed by atoms with Gasteiger partial charge in [-0.1, -0.05) is 38.0 Å². The van der Waals surface area contributed by atoms with E-state index in [0.29, 0.717) is 36.1 Å². The topological polar surface area (TPSA) is 81.2 Å². The molecule has 1 fully saturated rings. The first kappa shape index (κ1) is 19.4. The third-order valence-electron chi connectivity index (χ3n) is 4.56. The van der Waals surface area contributed by atoms with E-state index in [1.165, 1.54) is 4.68 Å². The second-order valence-electron chi connectivity index (χ2n) is 6.43. The van der Waals surface area contributed by atoms with Crippen LogP contribution in [0.4, 0.5) is 0 Å². The van der Waals surface area contributed by atoms with Crippen molar-refractivity contribution in [2.24, 2.45) is 5.73 Å². The van der Waals surface area contributed by atoms with Gasteiger partial charge in [-0.15, -0.1) is 12.4 Å². The highest BCUT2D eigenvalue weighted by Gasteiger charge is 2.27. The van der Waals surface area contributed by atoms with Crippen LogP contribution in [0, 0.1) is 0 Å². The molecule has 1 aliphatic rings. The van der Waals surface area contributed by atoms with Crippen LogP contribution in [-0.2, 0) is 6.54 Å². The Balaban J connectivity index is 0.00000225. The summed E-state index contributed by atoms with van der Waals surface area (Å²) in [6.45, 7) is 3.84. The van der Waals surface area contributed by atoms with Crippen LogP contribution >= 0.6 is 12.4 Å². The minimum Gasteiger partial charge on any atom is -0.336 e. The average molecular weight is 365 g/mol. The summed E-state index contributed by atoms with van der Waals surface area (Å²) in [5, 5.41) is 5.59. The van der Waals surface area contributed by atoms with E-state index in [0.717, 1.165) is 25.7 Å². The third-order valence-corrected chi connectivity index (χ3v) is 4.56. The van der Waals surface area contributed by atoms with Crippen LogP contribution in [0.15, 0.2) is 29.1 Å². The molecule has 1 saturated heterocycles. The van der Waals surface area contributed by atoms with Crippen LogP contribution < -0.4 is 11.3 Å². The molecule has 2 N–H and O–H groups in total. The number of rotatable bonds is 5. The van der Waals surface area contributed by atoms with Crippen LogP contribution in [-0.4, -0.2) is 39.7 Å². The molecule has 1 atom stereocenters. The average Bonchev–Trinajstić information content (AvgIpc) is 3.03. The summed E-state index contributed by atoms with van der Waals surface area (Å²) >= 11 is 0. The molecule has 0 aliphatic carbocycles. The highest BCUT2D eigenvalue weighted by molar-refractivity contribution is 6.04. The van der Waals surface area contributed by atoms with Crippen LogP contribution in [0.25, 0.3) is 10.8 Å². The van der Waals surface area contributed by atoms with Crippen LogP contribution in [0.2, 0.25) is 0 Å². The first-order chi connectivity index (χ1) is 11.6. The Hall–Kier alpha value is -1.92. The van der Waals surface area contributed by atoms with Crippen molar-refractivity contribution in [1.29, 1.82) is 0 Å². The Morgan fingerprint density at radius 3 is 2.64 bits per heavy atom. The molecule has 0 saturated carbocycles. The Morgan fingerprint density at radius 1 is 1.28 bits per heavy atom. The molecule has 2 heterocycles. The van der Waals surface area contributed by atoms with Gasteiger partial charge in [-0.05, 0) is 18.9 Å². The van der Waals surface area contributed by atoms with Crippen molar-refractivity contribution in [3.05, 3.63) is 40.3 Å². The van der Waals surface area contributed by atoms with Crippen molar-refractivity contribution in [3.63, 3.8) is 0 Å². The zero-order valence-corrected chi connectivity index (χ0v) is 15.3. The van der Waals surface area contributed by atoms with E-state index in [9.17, 15) is 9.59 Å². The number of aryl methyl sites for hydroxylation is 1. The number of hydrogen-bond acceptors (Lipinski definition) is 4. The summed E-state index contributed by atoms with van der Waals surface area (Å²) < 4.78 is 1.45. The number of nitrogens with zero attached hydrogens (tertiary/aromatic N) is 3. The lowest BCUT2D eigenvalue weighted by Crippen LogP contribution is -2.35. The number of halogens is 1. The van der Waals surface area contributed by atoms with Gasteiger partial charge in [0, 0.05) is 31.1 Å².